The summed E-state index contributed by atoms with van der Waals surface area (Å²) in [5.74, 6) is -2.68. The summed E-state index contributed by atoms with van der Waals surface area (Å²) in [4.78, 5) is 0. The Hall–Kier alpha value is -0.243. The Morgan fingerprint density at radius 1 is 1.17 bits per heavy atom. The van der Waals surface area contributed by atoms with Crippen molar-refractivity contribution in [3.63, 3.8) is 0 Å². The first-order valence-electron chi connectivity index (χ1n) is 5.76. The molecule has 0 heterocycles. The predicted octanol–water partition coefficient (Wildman–Crippen LogP) is 1.77. The average Bonchev–Trinajstić information content (AvgIpc) is 2.38. The lowest BCUT2D eigenvalue weighted by molar-refractivity contribution is -0.461. The largest absolute Gasteiger partial charge is 0.367 e. The second-order valence-electron chi connectivity index (χ2n) is 4.02. The molecule has 0 fully saturated rings. The summed E-state index contributed by atoms with van der Waals surface area (Å²) in [7, 11) is 7.40. The Balaban J connectivity index is 5.30. The lowest BCUT2D eigenvalue weighted by Gasteiger charge is -2.45. The zero-order chi connectivity index (χ0) is 14.2. The van der Waals surface area contributed by atoms with Gasteiger partial charge in [0, 0.05) is 27.8 Å². The predicted molar refractivity (Wildman–Crippen MR) is 69.0 cm³/mol. The molecular weight excluding hydrogens is 252 g/mol. The molecule has 0 spiro atoms. The fourth-order valence-corrected chi connectivity index (χ4v) is 2.05. The molecule has 1 atom stereocenters. The van der Waals surface area contributed by atoms with E-state index in [2.05, 4.69) is 17.1 Å². The van der Waals surface area contributed by atoms with Crippen LogP contribution in [0.3, 0.4) is 0 Å². The van der Waals surface area contributed by atoms with E-state index in [4.69, 9.17) is 23.4 Å². The van der Waals surface area contributed by atoms with Crippen molar-refractivity contribution in [2.75, 3.05) is 27.9 Å². The first-order chi connectivity index (χ1) is 8.47. The van der Waals surface area contributed by atoms with Crippen molar-refractivity contribution in [2.24, 2.45) is 0 Å². The molecule has 0 N–H and O–H groups in total. The van der Waals surface area contributed by atoms with Gasteiger partial charge in [0.1, 0.15) is 0 Å². The zero-order valence-corrected chi connectivity index (χ0v) is 12.9. The molecule has 1 unspecified atom stereocenters. The van der Waals surface area contributed by atoms with E-state index in [-0.39, 0.29) is 0 Å². The number of methoxy groups -OCH3 is 3. The van der Waals surface area contributed by atoms with Crippen molar-refractivity contribution < 1.29 is 23.4 Å². The highest BCUT2D eigenvalue weighted by Gasteiger charge is 2.55. The van der Waals surface area contributed by atoms with Crippen LogP contribution >= 0.6 is 0 Å². The molecule has 0 aromatic heterocycles. The molecule has 0 aliphatic carbocycles. The van der Waals surface area contributed by atoms with E-state index in [0.717, 1.165) is 12.0 Å². The summed E-state index contributed by atoms with van der Waals surface area (Å²) in [6, 6.07) is 0. The topological polar surface area (TPSA) is 46.2 Å². The minimum atomic E-state index is -1.50. The Kier molecular flexibility index (Phi) is 7.93. The normalized spacial score (nSPS) is 15.4. The van der Waals surface area contributed by atoms with Gasteiger partial charge in [-0.25, -0.2) is 0 Å². The quantitative estimate of drug-likeness (QED) is 0.345. The van der Waals surface area contributed by atoms with Gasteiger partial charge in [0.2, 0.25) is 0 Å². The van der Waals surface area contributed by atoms with Gasteiger partial charge in [0.25, 0.3) is 16.3 Å². The van der Waals surface area contributed by atoms with Crippen LogP contribution in [0.25, 0.3) is 0 Å². The molecule has 0 saturated heterocycles. The standard InChI is InChI=1S/C12H23O5Si/c1-7-8-11(13-4,16-9-10(2)3)12(14-5,15-6)17-18/h2,7-9H2,1,3-6H3. The lowest BCUT2D eigenvalue weighted by Crippen LogP contribution is -2.61. The third kappa shape index (κ3) is 3.63. The van der Waals surface area contributed by atoms with Gasteiger partial charge in [0.15, 0.2) is 0 Å². The van der Waals surface area contributed by atoms with Crippen LogP contribution < -0.4 is 0 Å². The van der Waals surface area contributed by atoms with E-state index >= 15 is 0 Å². The molecule has 0 bridgehead atoms. The summed E-state index contributed by atoms with van der Waals surface area (Å²) >= 11 is 0. The minimum Gasteiger partial charge on any atom is -0.367 e. The van der Waals surface area contributed by atoms with Crippen LogP contribution in [0, 0.1) is 0 Å². The Bertz CT molecular complexity index is 247. The summed E-state index contributed by atoms with van der Waals surface area (Å²) in [5.41, 5.74) is 0.864. The van der Waals surface area contributed by atoms with Crippen molar-refractivity contribution in [1.82, 2.24) is 0 Å². The number of ether oxygens (including phenoxy) is 4. The van der Waals surface area contributed by atoms with Crippen molar-refractivity contribution in [1.29, 1.82) is 0 Å². The minimum absolute atomic E-state index is 0.317. The number of rotatable bonds is 10. The molecular formula is C12H23O5Si. The van der Waals surface area contributed by atoms with Crippen LogP contribution in [-0.2, 0) is 23.4 Å². The van der Waals surface area contributed by atoms with Gasteiger partial charge >= 0.3 is 5.97 Å². The maximum absolute atomic E-state index is 5.79. The van der Waals surface area contributed by atoms with Crippen molar-refractivity contribution in [2.45, 2.75) is 38.4 Å². The maximum Gasteiger partial charge on any atom is 0.330 e. The average molecular weight is 275 g/mol. The van der Waals surface area contributed by atoms with Gasteiger partial charge < -0.3 is 23.4 Å². The smallest absolute Gasteiger partial charge is 0.330 e. The van der Waals surface area contributed by atoms with E-state index in [1.54, 1.807) is 0 Å². The van der Waals surface area contributed by atoms with Gasteiger partial charge in [-0.2, -0.15) is 0 Å². The van der Waals surface area contributed by atoms with Gasteiger partial charge in [0.05, 0.1) is 6.61 Å². The van der Waals surface area contributed by atoms with Gasteiger partial charge in [-0.3, -0.25) is 0 Å². The molecule has 5 nitrogen and oxygen atoms in total. The maximum atomic E-state index is 5.79. The molecule has 0 aromatic rings. The highest BCUT2D eigenvalue weighted by atomic mass is 28.2. The van der Waals surface area contributed by atoms with E-state index < -0.39 is 11.8 Å². The molecule has 18 heavy (non-hydrogen) atoms. The van der Waals surface area contributed by atoms with Crippen molar-refractivity contribution >= 4 is 10.5 Å². The van der Waals surface area contributed by atoms with Crippen LogP contribution in [0.1, 0.15) is 26.7 Å². The van der Waals surface area contributed by atoms with Crippen LogP contribution in [-0.4, -0.2) is 50.2 Å². The second-order valence-corrected chi connectivity index (χ2v) is 4.22. The van der Waals surface area contributed by atoms with Crippen LogP contribution in [0.5, 0.6) is 0 Å². The molecule has 0 rings (SSSR count). The second kappa shape index (κ2) is 8.03. The Morgan fingerprint density at radius 2 is 1.72 bits per heavy atom. The van der Waals surface area contributed by atoms with Crippen molar-refractivity contribution in [3.8, 4) is 0 Å². The Labute approximate surface area is 113 Å². The van der Waals surface area contributed by atoms with E-state index in [1.165, 1.54) is 21.3 Å². The zero-order valence-electron chi connectivity index (χ0n) is 11.9. The van der Waals surface area contributed by atoms with Crippen LogP contribution in [0.15, 0.2) is 12.2 Å². The van der Waals surface area contributed by atoms with Crippen LogP contribution in [0.2, 0.25) is 0 Å². The molecule has 6 heteroatoms. The fourth-order valence-electron chi connectivity index (χ4n) is 1.72. The van der Waals surface area contributed by atoms with E-state index in [0.29, 0.717) is 13.0 Å². The fraction of sp³-hybridized carbons (Fsp3) is 0.833. The number of hydrogen-bond acceptors (Lipinski definition) is 5. The first-order valence-corrected chi connectivity index (χ1v) is 6.16. The van der Waals surface area contributed by atoms with E-state index in [1.807, 2.05) is 13.8 Å². The SMILES string of the molecule is C=C(C)COC(CCC)(OC)C(OC)(OC)O[Si]. The molecule has 105 valence electrons. The lowest BCUT2D eigenvalue weighted by atomic mass is 10.1. The van der Waals surface area contributed by atoms with Gasteiger partial charge in [-0.1, -0.05) is 25.5 Å². The summed E-state index contributed by atoms with van der Waals surface area (Å²) < 4.78 is 27.1. The third-order valence-corrected chi connectivity index (χ3v) is 2.87. The van der Waals surface area contributed by atoms with E-state index in [9.17, 15) is 0 Å². The highest BCUT2D eigenvalue weighted by molar-refractivity contribution is 5.98. The molecule has 0 aliphatic rings. The summed E-state index contributed by atoms with van der Waals surface area (Å²) in [6.07, 6.45) is 1.33. The van der Waals surface area contributed by atoms with Crippen LogP contribution in [0.4, 0.5) is 0 Å². The molecule has 3 radical (unpaired) electrons. The molecule has 0 aliphatic heterocycles. The first kappa shape index (κ1) is 17.8. The van der Waals surface area contributed by atoms with Gasteiger partial charge in [-0.05, 0) is 6.92 Å². The molecule has 0 amide bonds. The Morgan fingerprint density at radius 3 is 2.00 bits per heavy atom. The third-order valence-electron chi connectivity index (χ3n) is 2.60. The molecule has 0 saturated carbocycles. The number of hydrogen-bond donors (Lipinski definition) is 0. The van der Waals surface area contributed by atoms with Crippen molar-refractivity contribution in [3.05, 3.63) is 12.2 Å². The summed E-state index contributed by atoms with van der Waals surface area (Å²) in [6.45, 7) is 7.98. The molecule has 0 aromatic carbocycles. The van der Waals surface area contributed by atoms with Gasteiger partial charge in [-0.15, -0.1) is 0 Å². The highest BCUT2D eigenvalue weighted by Crippen LogP contribution is 2.36. The monoisotopic (exact) mass is 275 g/mol. The summed E-state index contributed by atoms with van der Waals surface area (Å²) in [5, 5.41) is 0.